The summed E-state index contributed by atoms with van der Waals surface area (Å²) >= 11 is 0. The molecule has 2 bridgehead atoms. The fourth-order valence-corrected chi connectivity index (χ4v) is 6.34. The first-order valence-corrected chi connectivity index (χ1v) is 9.13. The minimum Gasteiger partial charge on any atom is -0.278 e. The van der Waals surface area contributed by atoms with Crippen LogP contribution in [0.25, 0.3) is 0 Å². The van der Waals surface area contributed by atoms with E-state index >= 15 is 0 Å². The van der Waals surface area contributed by atoms with Gasteiger partial charge in [0.25, 0.3) is 0 Å². The van der Waals surface area contributed by atoms with Crippen LogP contribution in [0.1, 0.15) is 0 Å². The van der Waals surface area contributed by atoms with E-state index in [0.717, 1.165) is 0 Å². The fourth-order valence-electron chi connectivity index (χ4n) is 6.34. The predicted molar refractivity (Wildman–Crippen MR) is 90.9 cm³/mol. The van der Waals surface area contributed by atoms with Crippen molar-refractivity contribution in [1.29, 1.82) is 0 Å². The number of imide groups is 2. The van der Waals surface area contributed by atoms with Gasteiger partial charge in [0.2, 0.25) is 23.6 Å². The van der Waals surface area contributed by atoms with Crippen molar-refractivity contribution in [2.75, 3.05) is 13.1 Å². The number of hydrogen-bond donors (Lipinski definition) is 0. The zero-order valence-electron chi connectivity index (χ0n) is 14.3. The van der Waals surface area contributed by atoms with Gasteiger partial charge in [-0.15, -0.1) is 13.2 Å². The summed E-state index contributed by atoms with van der Waals surface area (Å²) in [6.45, 7) is 7.71. The van der Waals surface area contributed by atoms with Crippen LogP contribution in [0.15, 0.2) is 37.5 Å². The molecule has 6 rings (SSSR count). The van der Waals surface area contributed by atoms with Crippen LogP contribution < -0.4 is 0 Å². The van der Waals surface area contributed by atoms with Gasteiger partial charge in [0.15, 0.2) is 0 Å². The smallest absolute Gasteiger partial charge is 0.234 e. The molecule has 0 aromatic heterocycles. The Morgan fingerprint density at radius 2 is 1.04 bits per heavy atom. The third-order valence-corrected chi connectivity index (χ3v) is 7.15. The molecular weight excluding hydrogens is 332 g/mol. The molecule has 6 nitrogen and oxygen atoms in total. The largest absolute Gasteiger partial charge is 0.278 e. The summed E-state index contributed by atoms with van der Waals surface area (Å²) in [6, 6.07) is 0. The highest BCUT2D eigenvalue weighted by atomic mass is 16.2. The number of hydrogen-bond acceptors (Lipinski definition) is 4. The molecular formula is C20H20N2O4. The van der Waals surface area contributed by atoms with E-state index < -0.39 is 11.8 Å². The molecule has 0 spiro atoms. The van der Waals surface area contributed by atoms with E-state index in [1.165, 1.54) is 9.80 Å². The van der Waals surface area contributed by atoms with Gasteiger partial charge in [0.1, 0.15) is 0 Å². The Kier molecular flexibility index (Phi) is 3.04. The first-order valence-electron chi connectivity index (χ1n) is 9.13. The highest BCUT2D eigenvalue weighted by molar-refractivity contribution is 6.09. The lowest BCUT2D eigenvalue weighted by molar-refractivity contribution is -0.166. The Morgan fingerprint density at radius 3 is 1.38 bits per heavy atom. The number of fused-ring (bicyclic) bond motifs is 1. The Balaban J connectivity index is 1.53. The van der Waals surface area contributed by atoms with Crippen LogP contribution in [0.2, 0.25) is 0 Å². The third-order valence-electron chi connectivity index (χ3n) is 7.15. The molecule has 6 aliphatic rings. The standard InChI is InChI=1S/C20H20N2O4/c1-3-7-21-17(23)13-9-5-6-10(14(13)18(21)24)12-11(9)15-16(12)20(26)22(8-4-2)19(15)25/h3-6,9-16H,1-2,7-8H2/t9-,10+,11+,12-,13+,14-,15-,16-/m0/s1. The Labute approximate surface area is 151 Å². The maximum Gasteiger partial charge on any atom is 0.234 e. The van der Waals surface area contributed by atoms with Crippen molar-refractivity contribution < 1.29 is 19.2 Å². The van der Waals surface area contributed by atoms with E-state index in [0.29, 0.717) is 0 Å². The van der Waals surface area contributed by atoms with Gasteiger partial charge >= 0.3 is 0 Å². The molecule has 0 aromatic rings. The lowest BCUT2D eigenvalue weighted by Gasteiger charge is -2.60. The molecule has 4 amide bonds. The zero-order chi connectivity index (χ0) is 18.3. The number of rotatable bonds is 4. The fraction of sp³-hybridized carbons (Fsp3) is 0.500. The maximum absolute atomic E-state index is 12.9. The Bertz CT molecular complexity index is 759. The summed E-state index contributed by atoms with van der Waals surface area (Å²) in [4.78, 5) is 53.8. The van der Waals surface area contributed by atoms with E-state index in [9.17, 15) is 19.2 Å². The summed E-state index contributed by atoms with van der Waals surface area (Å²) in [5.41, 5.74) is 0. The van der Waals surface area contributed by atoms with Crippen molar-refractivity contribution in [3.63, 3.8) is 0 Å². The zero-order valence-corrected chi connectivity index (χ0v) is 14.3. The summed E-state index contributed by atoms with van der Waals surface area (Å²) in [5.74, 6) is -2.35. The second kappa shape index (κ2) is 5.02. The number of nitrogens with zero attached hydrogens (tertiary/aromatic N) is 2. The minimum absolute atomic E-state index is 0.0112. The quantitative estimate of drug-likeness (QED) is 0.549. The van der Waals surface area contributed by atoms with Crippen molar-refractivity contribution >= 4 is 23.6 Å². The van der Waals surface area contributed by atoms with Crippen LogP contribution in [-0.4, -0.2) is 46.5 Å². The summed E-state index contributed by atoms with van der Waals surface area (Å²) < 4.78 is 0. The lowest BCUT2D eigenvalue weighted by atomic mass is 9.40. The second-order valence-corrected chi connectivity index (χ2v) is 7.95. The maximum atomic E-state index is 12.9. The molecule has 0 unspecified atom stereocenters. The molecule has 0 N–H and O–H groups in total. The molecule has 2 saturated heterocycles. The van der Waals surface area contributed by atoms with E-state index in [4.69, 9.17) is 0 Å². The van der Waals surface area contributed by atoms with Gasteiger partial charge in [-0.2, -0.15) is 0 Å². The van der Waals surface area contributed by atoms with Crippen molar-refractivity contribution in [2.45, 2.75) is 0 Å². The second-order valence-electron chi connectivity index (χ2n) is 7.95. The summed E-state index contributed by atoms with van der Waals surface area (Å²) in [6.07, 6.45) is 7.15. The predicted octanol–water partition coefficient (Wildman–Crippen LogP) is 0.623. The molecule has 0 aromatic carbocycles. The molecule has 2 saturated carbocycles. The number of amides is 4. The molecule has 2 aliphatic heterocycles. The SMILES string of the molecule is C=CCN1C(=O)[C@@H]2[C@@H](C1=O)[C@@H]1[C@@H]3C=C[C@@H]([C@@H]4C(=O)N(CC=C)C(=O)[C@H]34)[C@H]21. The van der Waals surface area contributed by atoms with Gasteiger partial charge in [-0.3, -0.25) is 29.0 Å². The summed E-state index contributed by atoms with van der Waals surface area (Å²) in [5, 5.41) is 0. The van der Waals surface area contributed by atoms with Crippen LogP contribution in [0.4, 0.5) is 0 Å². The van der Waals surface area contributed by atoms with Gasteiger partial charge in [-0.25, -0.2) is 0 Å². The molecule has 8 atom stereocenters. The Hall–Kier alpha value is -2.50. The molecule has 0 radical (unpaired) electrons. The van der Waals surface area contributed by atoms with Crippen LogP contribution in [-0.2, 0) is 19.2 Å². The molecule has 6 heteroatoms. The van der Waals surface area contributed by atoms with Gasteiger partial charge < -0.3 is 0 Å². The van der Waals surface area contributed by atoms with Gasteiger partial charge in [0.05, 0.1) is 23.7 Å². The molecule has 4 aliphatic carbocycles. The van der Waals surface area contributed by atoms with Gasteiger partial charge in [-0.1, -0.05) is 24.3 Å². The Morgan fingerprint density at radius 1 is 0.692 bits per heavy atom. The van der Waals surface area contributed by atoms with Crippen molar-refractivity contribution in [3.05, 3.63) is 37.5 Å². The normalized spacial score (nSPS) is 44.8. The van der Waals surface area contributed by atoms with E-state index in [-0.39, 0.29) is 72.2 Å². The van der Waals surface area contributed by atoms with Crippen molar-refractivity contribution in [2.24, 2.45) is 47.3 Å². The number of likely N-dealkylation sites (tertiary alicyclic amines) is 2. The topological polar surface area (TPSA) is 74.8 Å². The highest BCUT2D eigenvalue weighted by Gasteiger charge is 2.74. The van der Waals surface area contributed by atoms with Crippen LogP contribution in [0.3, 0.4) is 0 Å². The molecule has 2 heterocycles. The van der Waals surface area contributed by atoms with Gasteiger partial charge in [-0.05, 0) is 23.7 Å². The summed E-state index contributed by atoms with van der Waals surface area (Å²) in [7, 11) is 0. The number of carbonyl (C=O) groups is 4. The van der Waals surface area contributed by atoms with Crippen LogP contribution in [0, 0.1) is 47.3 Å². The van der Waals surface area contributed by atoms with Gasteiger partial charge in [0, 0.05) is 13.1 Å². The molecule has 4 fully saturated rings. The first-order chi connectivity index (χ1) is 12.5. The third kappa shape index (κ3) is 1.54. The minimum atomic E-state index is -0.393. The van der Waals surface area contributed by atoms with Crippen LogP contribution in [0.5, 0.6) is 0 Å². The molecule has 26 heavy (non-hydrogen) atoms. The number of allylic oxidation sites excluding steroid dienone is 2. The van der Waals surface area contributed by atoms with E-state index in [2.05, 4.69) is 13.2 Å². The van der Waals surface area contributed by atoms with E-state index in [1.54, 1.807) is 12.2 Å². The average Bonchev–Trinajstić information content (AvgIpc) is 2.97. The highest BCUT2D eigenvalue weighted by Crippen LogP contribution is 2.68. The average molecular weight is 352 g/mol. The van der Waals surface area contributed by atoms with Crippen LogP contribution >= 0.6 is 0 Å². The van der Waals surface area contributed by atoms with Crippen molar-refractivity contribution in [1.82, 2.24) is 9.80 Å². The first kappa shape index (κ1) is 15.7. The number of carbonyl (C=O) groups excluding carboxylic acids is 4. The van der Waals surface area contributed by atoms with E-state index in [1.807, 2.05) is 12.2 Å². The monoisotopic (exact) mass is 352 g/mol. The lowest BCUT2D eigenvalue weighted by Crippen LogP contribution is -2.63. The van der Waals surface area contributed by atoms with Crippen molar-refractivity contribution in [3.8, 4) is 0 Å². The molecule has 134 valence electrons.